The van der Waals surface area contributed by atoms with Crippen LogP contribution in [0.25, 0.3) is 5.52 Å². The second kappa shape index (κ2) is 4.36. The maximum absolute atomic E-state index is 12.7. The summed E-state index contributed by atoms with van der Waals surface area (Å²) in [5.41, 5.74) is -0.251. The average molecular weight is 284 g/mol. The molecule has 20 heavy (non-hydrogen) atoms. The zero-order valence-electron chi connectivity index (χ0n) is 11.0. The van der Waals surface area contributed by atoms with Gasteiger partial charge in [0.25, 0.3) is 0 Å². The first-order valence-electron chi connectivity index (χ1n) is 6.59. The maximum atomic E-state index is 12.7. The van der Waals surface area contributed by atoms with Crippen molar-refractivity contribution in [3.8, 4) is 0 Å². The van der Waals surface area contributed by atoms with Crippen molar-refractivity contribution in [1.82, 2.24) is 14.6 Å². The second-order valence-electron chi connectivity index (χ2n) is 5.34. The van der Waals surface area contributed by atoms with Crippen molar-refractivity contribution in [2.75, 3.05) is 11.9 Å². The quantitative estimate of drug-likeness (QED) is 0.936. The molecule has 1 N–H and O–H groups in total. The van der Waals surface area contributed by atoms with Crippen LogP contribution in [0.15, 0.2) is 18.5 Å². The van der Waals surface area contributed by atoms with Crippen LogP contribution in [-0.4, -0.2) is 21.1 Å². The molecule has 0 spiro atoms. The zero-order chi connectivity index (χ0) is 14.4. The van der Waals surface area contributed by atoms with E-state index in [-0.39, 0.29) is 0 Å². The summed E-state index contributed by atoms with van der Waals surface area (Å²) in [6, 6.07) is 1.03. The average Bonchev–Trinajstić information content (AvgIpc) is 3.04. The summed E-state index contributed by atoms with van der Waals surface area (Å²) in [4.78, 5) is 4.13. The molecule has 0 radical (unpaired) electrons. The number of rotatable bonds is 4. The topological polar surface area (TPSA) is 42.2 Å². The fourth-order valence-corrected chi connectivity index (χ4v) is 2.30. The Morgan fingerprint density at radius 3 is 2.75 bits per heavy atom. The van der Waals surface area contributed by atoms with Gasteiger partial charge in [0.1, 0.15) is 5.52 Å². The van der Waals surface area contributed by atoms with Gasteiger partial charge in [0.15, 0.2) is 11.5 Å². The van der Waals surface area contributed by atoms with Crippen LogP contribution in [0.2, 0.25) is 0 Å². The number of nitrogens with one attached hydrogen (secondary N) is 1. The van der Waals surface area contributed by atoms with E-state index in [1.54, 1.807) is 0 Å². The summed E-state index contributed by atoms with van der Waals surface area (Å²) in [7, 11) is 0. The number of hydrogen-bond donors (Lipinski definition) is 1. The molecule has 7 heteroatoms. The monoisotopic (exact) mass is 284 g/mol. The minimum absolute atomic E-state index is 0.293. The highest BCUT2D eigenvalue weighted by molar-refractivity contribution is 5.68. The minimum atomic E-state index is -4.44. The molecule has 2 aromatic rings. The van der Waals surface area contributed by atoms with Crippen molar-refractivity contribution >= 4 is 11.3 Å². The molecule has 3 rings (SSSR count). The van der Waals surface area contributed by atoms with E-state index in [2.05, 4.69) is 22.3 Å². The van der Waals surface area contributed by atoms with Crippen LogP contribution in [0.4, 0.5) is 19.0 Å². The van der Waals surface area contributed by atoms with Gasteiger partial charge in [-0.1, -0.05) is 6.92 Å². The lowest BCUT2D eigenvalue weighted by Crippen LogP contribution is -2.15. The number of anilines is 1. The number of hydrogen-bond acceptors (Lipinski definition) is 3. The molecule has 4 nitrogen and oxygen atoms in total. The summed E-state index contributed by atoms with van der Waals surface area (Å²) < 4.78 is 39.3. The highest BCUT2D eigenvalue weighted by atomic mass is 19.4. The van der Waals surface area contributed by atoms with Gasteiger partial charge in [0.05, 0.1) is 0 Å². The van der Waals surface area contributed by atoms with Gasteiger partial charge in [0.2, 0.25) is 0 Å². The fourth-order valence-electron chi connectivity index (χ4n) is 2.30. The van der Waals surface area contributed by atoms with Gasteiger partial charge in [-0.15, -0.1) is 0 Å². The van der Waals surface area contributed by atoms with Gasteiger partial charge in [-0.05, 0) is 24.7 Å². The molecular formula is C13H15F3N4. The third kappa shape index (κ3) is 2.32. The van der Waals surface area contributed by atoms with E-state index in [4.69, 9.17) is 0 Å². The maximum Gasteiger partial charge on any atom is 0.435 e. The first kappa shape index (κ1) is 13.2. The summed E-state index contributed by atoms with van der Waals surface area (Å²) in [5, 5.41) is 6.70. The van der Waals surface area contributed by atoms with E-state index in [0.717, 1.165) is 31.9 Å². The molecule has 0 aliphatic heterocycles. The number of halogens is 3. The van der Waals surface area contributed by atoms with Crippen molar-refractivity contribution in [2.24, 2.45) is 5.41 Å². The Morgan fingerprint density at radius 2 is 2.15 bits per heavy atom. The summed E-state index contributed by atoms with van der Waals surface area (Å²) in [6.07, 6.45) is 1.82. The van der Waals surface area contributed by atoms with E-state index in [9.17, 15) is 13.2 Å². The van der Waals surface area contributed by atoms with E-state index in [1.165, 1.54) is 16.9 Å². The SMILES string of the molecule is CCC1(CNc2nccn3nc(C(F)(F)F)cc23)CC1. The lowest BCUT2D eigenvalue weighted by molar-refractivity contribution is -0.141. The molecule has 1 fully saturated rings. The van der Waals surface area contributed by atoms with Crippen molar-refractivity contribution in [3.63, 3.8) is 0 Å². The standard InChI is InChI=1S/C13H15F3N4/c1-2-12(3-4-12)8-18-11-9-7-10(13(14,15)16)19-20(9)6-5-17-11/h5-7H,2-4,8H2,1H3,(H,17,18). The van der Waals surface area contributed by atoms with Crippen LogP contribution in [0.1, 0.15) is 31.9 Å². The molecule has 0 bridgehead atoms. The van der Waals surface area contributed by atoms with Crippen LogP contribution < -0.4 is 5.32 Å². The molecule has 108 valence electrons. The number of fused-ring (bicyclic) bond motifs is 1. The predicted molar refractivity (Wildman–Crippen MR) is 68.4 cm³/mol. The summed E-state index contributed by atoms with van der Waals surface area (Å²) in [5.74, 6) is 0.454. The zero-order valence-corrected chi connectivity index (χ0v) is 11.0. The molecule has 2 heterocycles. The first-order chi connectivity index (χ1) is 9.43. The Labute approximate surface area is 114 Å². The van der Waals surface area contributed by atoms with Gasteiger partial charge >= 0.3 is 6.18 Å². The van der Waals surface area contributed by atoms with Gasteiger partial charge in [0, 0.05) is 25.0 Å². The molecular weight excluding hydrogens is 269 g/mol. The number of alkyl halides is 3. The van der Waals surface area contributed by atoms with Gasteiger partial charge < -0.3 is 5.32 Å². The molecule has 1 aliphatic carbocycles. The molecule has 0 unspecified atom stereocenters. The van der Waals surface area contributed by atoms with Crippen molar-refractivity contribution < 1.29 is 13.2 Å². The Balaban J connectivity index is 1.89. The largest absolute Gasteiger partial charge is 0.435 e. The second-order valence-corrected chi connectivity index (χ2v) is 5.34. The Morgan fingerprint density at radius 1 is 1.40 bits per heavy atom. The third-order valence-corrected chi connectivity index (χ3v) is 4.02. The van der Waals surface area contributed by atoms with Gasteiger partial charge in [-0.25, -0.2) is 9.50 Å². The van der Waals surface area contributed by atoms with Gasteiger partial charge in [-0.2, -0.15) is 18.3 Å². The Hall–Kier alpha value is -1.79. The summed E-state index contributed by atoms with van der Waals surface area (Å²) in [6.45, 7) is 2.87. The van der Waals surface area contributed by atoms with E-state index < -0.39 is 11.9 Å². The molecule has 0 atom stereocenters. The van der Waals surface area contributed by atoms with Crippen molar-refractivity contribution in [1.29, 1.82) is 0 Å². The highest BCUT2D eigenvalue weighted by Gasteiger charge is 2.40. The minimum Gasteiger partial charge on any atom is -0.368 e. The third-order valence-electron chi connectivity index (χ3n) is 4.02. The fraction of sp³-hybridized carbons (Fsp3) is 0.538. The number of nitrogens with zero attached hydrogens (tertiary/aromatic N) is 3. The molecule has 0 saturated heterocycles. The van der Waals surface area contributed by atoms with Crippen molar-refractivity contribution in [2.45, 2.75) is 32.4 Å². The molecule has 1 saturated carbocycles. The Bertz CT molecular complexity index is 628. The Kier molecular flexibility index (Phi) is 2.88. The normalized spacial score (nSPS) is 17.4. The van der Waals surface area contributed by atoms with Crippen LogP contribution in [0.5, 0.6) is 0 Å². The smallest absolute Gasteiger partial charge is 0.368 e. The predicted octanol–water partition coefficient (Wildman–Crippen LogP) is 3.35. The van der Waals surface area contributed by atoms with Crippen LogP contribution in [0, 0.1) is 5.41 Å². The molecule has 0 aromatic carbocycles. The van der Waals surface area contributed by atoms with E-state index in [1.807, 2.05) is 0 Å². The highest BCUT2D eigenvalue weighted by Crippen LogP contribution is 2.48. The lowest BCUT2D eigenvalue weighted by atomic mass is 10.0. The van der Waals surface area contributed by atoms with Crippen LogP contribution in [0.3, 0.4) is 0 Å². The molecule has 2 aromatic heterocycles. The van der Waals surface area contributed by atoms with Crippen molar-refractivity contribution in [3.05, 3.63) is 24.2 Å². The molecule has 0 amide bonds. The first-order valence-corrected chi connectivity index (χ1v) is 6.59. The van der Waals surface area contributed by atoms with E-state index >= 15 is 0 Å². The van der Waals surface area contributed by atoms with Crippen LogP contribution >= 0.6 is 0 Å². The number of aromatic nitrogens is 3. The lowest BCUT2D eigenvalue weighted by Gasteiger charge is -2.14. The molecule has 1 aliphatic rings. The van der Waals surface area contributed by atoms with Crippen LogP contribution in [-0.2, 0) is 6.18 Å². The summed E-state index contributed by atoms with van der Waals surface area (Å²) >= 11 is 0. The van der Waals surface area contributed by atoms with E-state index in [0.29, 0.717) is 16.7 Å². The van der Waals surface area contributed by atoms with Gasteiger partial charge in [-0.3, -0.25) is 0 Å².